The molecule has 0 saturated carbocycles. The summed E-state index contributed by atoms with van der Waals surface area (Å²) in [7, 11) is 0. The van der Waals surface area contributed by atoms with Crippen LogP contribution in [0.4, 0.5) is 0 Å². The van der Waals surface area contributed by atoms with Crippen LogP contribution in [0.15, 0.2) is 24.4 Å². The fraction of sp³-hybridized carbons (Fsp3) is 0.500. The first-order chi connectivity index (χ1) is 9.63. The van der Waals surface area contributed by atoms with E-state index < -0.39 is 0 Å². The van der Waals surface area contributed by atoms with Crippen molar-refractivity contribution in [1.29, 1.82) is 0 Å². The standard InChI is InChI=1S/C16H24N4/c1-5-13-9-15(6-2)20(19-13)16-7-8-17-14(10-16)11-18-12(3)4/h7-10,12,18H,5-6,11H2,1-4H3. The van der Waals surface area contributed by atoms with Gasteiger partial charge in [0.2, 0.25) is 0 Å². The minimum Gasteiger partial charge on any atom is -0.309 e. The van der Waals surface area contributed by atoms with Crippen LogP contribution in [0.25, 0.3) is 5.69 Å². The van der Waals surface area contributed by atoms with Gasteiger partial charge in [-0.1, -0.05) is 27.7 Å². The zero-order valence-electron chi connectivity index (χ0n) is 12.8. The van der Waals surface area contributed by atoms with Crippen molar-refractivity contribution in [2.45, 2.75) is 53.1 Å². The van der Waals surface area contributed by atoms with Gasteiger partial charge in [-0.25, -0.2) is 4.68 Å². The quantitative estimate of drug-likeness (QED) is 0.879. The van der Waals surface area contributed by atoms with Crippen molar-refractivity contribution in [3.8, 4) is 5.69 Å². The molecule has 0 radical (unpaired) electrons. The maximum absolute atomic E-state index is 4.67. The number of rotatable bonds is 6. The molecule has 0 saturated heterocycles. The SMILES string of the molecule is CCc1cc(CC)n(-c2ccnc(CNC(C)C)c2)n1. The average molecular weight is 272 g/mol. The van der Waals surface area contributed by atoms with Crippen molar-refractivity contribution in [2.24, 2.45) is 0 Å². The lowest BCUT2D eigenvalue weighted by molar-refractivity contribution is 0.581. The minimum absolute atomic E-state index is 0.461. The maximum Gasteiger partial charge on any atom is 0.0682 e. The number of hydrogen-bond acceptors (Lipinski definition) is 3. The second-order valence-corrected chi connectivity index (χ2v) is 5.29. The molecule has 1 N–H and O–H groups in total. The van der Waals surface area contributed by atoms with Gasteiger partial charge in [0.1, 0.15) is 0 Å². The smallest absolute Gasteiger partial charge is 0.0682 e. The van der Waals surface area contributed by atoms with Crippen LogP contribution in [0.1, 0.15) is 44.8 Å². The molecule has 0 aliphatic carbocycles. The molecule has 0 aromatic carbocycles. The Labute approximate surface area is 121 Å². The molecule has 0 amide bonds. The summed E-state index contributed by atoms with van der Waals surface area (Å²) in [6, 6.07) is 6.78. The summed E-state index contributed by atoms with van der Waals surface area (Å²) in [4.78, 5) is 4.42. The van der Waals surface area contributed by atoms with E-state index in [-0.39, 0.29) is 0 Å². The predicted molar refractivity (Wildman–Crippen MR) is 82.1 cm³/mol. The van der Waals surface area contributed by atoms with Gasteiger partial charge in [0.15, 0.2) is 0 Å². The monoisotopic (exact) mass is 272 g/mol. The molecular formula is C16H24N4. The molecule has 2 rings (SSSR count). The fourth-order valence-corrected chi connectivity index (χ4v) is 2.13. The van der Waals surface area contributed by atoms with Crippen molar-refractivity contribution in [3.05, 3.63) is 41.5 Å². The van der Waals surface area contributed by atoms with Gasteiger partial charge < -0.3 is 5.32 Å². The topological polar surface area (TPSA) is 42.7 Å². The molecule has 2 aromatic rings. The normalized spacial score (nSPS) is 11.2. The van der Waals surface area contributed by atoms with E-state index in [0.29, 0.717) is 6.04 Å². The first-order valence-corrected chi connectivity index (χ1v) is 7.40. The van der Waals surface area contributed by atoms with Crippen molar-refractivity contribution in [1.82, 2.24) is 20.1 Å². The van der Waals surface area contributed by atoms with E-state index in [1.54, 1.807) is 0 Å². The van der Waals surface area contributed by atoms with E-state index in [9.17, 15) is 0 Å². The third kappa shape index (κ3) is 3.45. The third-order valence-electron chi connectivity index (χ3n) is 3.29. The Morgan fingerprint density at radius 1 is 1.15 bits per heavy atom. The zero-order valence-corrected chi connectivity index (χ0v) is 12.8. The Bertz CT molecular complexity index is 557. The van der Waals surface area contributed by atoms with Gasteiger partial charge in [-0.3, -0.25) is 4.98 Å². The summed E-state index contributed by atoms with van der Waals surface area (Å²) in [6.45, 7) is 9.36. The van der Waals surface area contributed by atoms with Gasteiger partial charge in [-0.05, 0) is 31.0 Å². The first kappa shape index (κ1) is 14.7. The summed E-state index contributed by atoms with van der Waals surface area (Å²) >= 11 is 0. The molecule has 108 valence electrons. The molecule has 0 bridgehead atoms. The van der Waals surface area contributed by atoms with E-state index in [1.807, 2.05) is 16.9 Å². The number of pyridine rings is 1. The molecule has 0 aliphatic heterocycles. The van der Waals surface area contributed by atoms with Crippen LogP contribution >= 0.6 is 0 Å². The van der Waals surface area contributed by atoms with Crippen molar-refractivity contribution in [3.63, 3.8) is 0 Å². The van der Waals surface area contributed by atoms with Gasteiger partial charge in [-0.2, -0.15) is 5.10 Å². The summed E-state index contributed by atoms with van der Waals surface area (Å²) < 4.78 is 2.04. The highest BCUT2D eigenvalue weighted by Gasteiger charge is 2.08. The lowest BCUT2D eigenvalue weighted by Crippen LogP contribution is -2.22. The van der Waals surface area contributed by atoms with Crippen LogP contribution < -0.4 is 5.32 Å². The van der Waals surface area contributed by atoms with Crippen LogP contribution in [-0.2, 0) is 19.4 Å². The highest BCUT2D eigenvalue weighted by Crippen LogP contribution is 2.14. The van der Waals surface area contributed by atoms with Crippen LogP contribution in [-0.4, -0.2) is 20.8 Å². The van der Waals surface area contributed by atoms with Gasteiger partial charge in [-0.15, -0.1) is 0 Å². The van der Waals surface area contributed by atoms with Gasteiger partial charge in [0, 0.05) is 24.5 Å². The van der Waals surface area contributed by atoms with Crippen LogP contribution in [0.5, 0.6) is 0 Å². The van der Waals surface area contributed by atoms with Crippen LogP contribution in [0.2, 0.25) is 0 Å². The molecule has 0 atom stereocenters. The number of nitrogens with zero attached hydrogens (tertiary/aromatic N) is 3. The zero-order chi connectivity index (χ0) is 14.5. The third-order valence-corrected chi connectivity index (χ3v) is 3.29. The fourth-order valence-electron chi connectivity index (χ4n) is 2.13. The van der Waals surface area contributed by atoms with Gasteiger partial charge >= 0.3 is 0 Å². The molecule has 2 aromatic heterocycles. The minimum atomic E-state index is 0.461. The Morgan fingerprint density at radius 3 is 2.60 bits per heavy atom. The number of aromatic nitrogens is 3. The average Bonchev–Trinajstić information content (AvgIpc) is 2.89. The Kier molecular flexibility index (Phi) is 4.90. The summed E-state index contributed by atoms with van der Waals surface area (Å²) in [5.74, 6) is 0. The lowest BCUT2D eigenvalue weighted by atomic mass is 10.2. The van der Waals surface area contributed by atoms with E-state index in [4.69, 9.17) is 0 Å². The predicted octanol–water partition coefficient (Wildman–Crippen LogP) is 2.89. The van der Waals surface area contributed by atoms with E-state index in [2.05, 4.69) is 55.2 Å². The number of nitrogens with one attached hydrogen (secondary N) is 1. The molecule has 4 heteroatoms. The second-order valence-electron chi connectivity index (χ2n) is 5.29. The Morgan fingerprint density at radius 2 is 1.95 bits per heavy atom. The summed E-state index contributed by atoms with van der Waals surface area (Å²) in [5.41, 5.74) is 4.53. The molecule has 0 aliphatic rings. The van der Waals surface area contributed by atoms with Gasteiger partial charge in [0.05, 0.1) is 17.1 Å². The van der Waals surface area contributed by atoms with Gasteiger partial charge in [0.25, 0.3) is 0 Å². The van der Waals surface area contributed by atoms with Crippen molar-refractivity contribution in [2.75, 3.05) is 0 Å². The molecule has 4 nitrogen and oxygen atoms in total. The second kappa shape index (κ2) is 6.66. The maximum atomic E-state index is 4.67. The Balaban J connectivity index is 2.28. The highest BCUT2D eigenvalue weighted by molar-refractivity contribution is 5.34. The molecule has 0 spiro atoms. The number of aryl methyl sites for hydroxylation is 2. The largest absolute Gasteiger partial charge is 0.309 e. The van der Waals surface area contributed by atoms with Crippen LogP contribution in [0, 0.1) is 0 Å². The van der Waals surface area contributed by atoms with Crippen molar-refractivity contribution < 1.29 is 0 Å². The molecule has 20 heavy (non-hydrogen) atoms. The van der Waals surface area contributed by atoms with Crippen LogP contribution in [0.3, 0.4) is 0 Å². The Hall–Kier alpha value is -1.68. The van der Waals surface area contributed by atoms with E-state index in [0.717, 1.165) is 36.5 Å². The number of hydrogen-bond donors (Lipinski definition) is 1. The molecule has 0 unspecified atom stereocenters. The van der Waals surface area contributed by atoms with Crippen molar-refractivity contribution >= 4 is 0 Å². The lowest BCUT2D eigenvalue weighted by Gasteiger charge is -2.10. The first-order valence-electron chi connectivity index (χ1n) is 7.40. The molecule has 0 fully saturated rings. The van der Waals surface area contributed by atoms with E-state index >= 15 is 0 Å². The summed E-state index contributed by atoms with van der Waals surface area (Å²) in [6.07, 6.45) is 3.81. The van der Waals surface area contributed by atoms with E-state index in [1.165, 1.54) is 5.69 Å². The molecule has 2 heterocycles. The summed E-state index contributed by atoms with van der Waals surface area (Å²) in [5, 5.41) is 8.07. The highest BCUT2D eigenvalue weighted by atomic mass is 15.3. The molecular weight excluding hydrogens is 248 g/mol.